The van der Waals surface area contributed by atoms with E-state index in [-0.39, 0.29) is 49.0 Å². The van der Waals surface area contributed by atoms with Gasteiger partial charge in [0.2, 0.25) is 5.91 Å². The molecule has 1 saturated heterocycles. The van der Waals surface area contributed by atoms with E-state index in [0.717, 1.165) is 30.6 Å². The molecule has 0 bridgehead atoms. The topological polar surface area (TPSA) is 100 Å². The fourth-order valence-electron chi connectivity index (χ4n) is 4.51. The molecule has 4 rings (SSSR count). The van der Waals surface area contributed by atoms with Crippen molar-refractivity contribution in [3.63, 3.8) is 0 Å². The molecule has 1 aromatic carbocycles. The minimum atomic E-state index is -3.14. The van der Waals surface area contributed by atoms with E-state index >= 15 is 0 Å². The van der Waals surface area contributed by atoms with Gasteiger partial charge < -0.3 is 25.0 Å². The predicted octanol–water partition coefficient (Wildman–Crippen LogP) is 3.98. The van der Waals surface area contributed by atoms with E-state index in [0.29, 0.717) is 28.1 Å². The van der Waals surface area contributed by atoms with E-state index in [9.17, 15) is 23.2 Å². The van der Waals surface area contributed by atoms with Gasteiger partial charge in [0, 0.05) is 30.9 Å². The Bertz CT molecular complexity index is 1160. The first-order valence-corrected chi connectivity index (χ1v) is 13.5. The number of carbonyl (C=O) groups is 3. The summed E-state index contributed by atoms with van der Waals surface area (Å²) >= 11 is 7.07. The van der Waals surface area contributed by atoms with Crippen LogP contribution < -0.4 is 20.3 Å². The Morgan fingerprint density at radius 2 is 2.08 bits per heavy atom. The number of morpholine rings is 1. The Morgan fingerprint density at radius 1 is 1.29 bits per heavy atom. The van der Waals surface area contributed by atoms with Gasteiger partial charge in [0.05, 0.1) is 21.5 Å². The largest absolute Gasteiger partial charge is 0.433 e. The maximum atomic E-state index is 13.5. The number of ether oxygens (including phenoxy) is 2. The molecule has 0 spiro atoms. The van der Waals surface area contributed by atoms with Crippen LogP contribution >= 0.6 is 22.9 Å². The predicted molar refractivity (Wildman–Crippen MR) is 140 cm³/mol. The number of thiophene rings is 1. The lowest BCUT2D eigenvalue weighted by Crippen LogP contribution is -2.56. The van der Waals surface area contributed by atoms with Crippen molar-refractivity contribution in [1.29, 1.82) is 0 Å². The summed E-state index contributed by atoms with van der Waals surface area (Å²) < 4.78 is 36.8. The molecule has 9 nitrogen and oxygen atoms in total. The van der Waals surface area contributed by atoms with E-state index in [4.69, 9.17) is 21.1 Å². The number of anilines is 2. The minimum Gasteiger partial charge on any atom is -0.433 e. The molecule has 1 aliphatic carbocycles. The molecular weight excluding hydrogens is 542 g/mol. The summed E-state index contributed by atoms with van der Waals surface area (Å²) in [6.45, 7) is -0.174. The SMILES string of the molecule is CCN(C1CCC1)[C@@H](CNC(=O)c1ccc(Cl)s1)C(=O)Nc1ccc(N2CCOCC2=O)cc1OC(F)F. The molecule has 3 amide bonds. The van der Waals surface area contributed by atoms with Gasteiger partial charge in [-0.2, -0.15) is 8.78 Å². The van der Waals surface area contributed by atoms with Gasteiger partial charge in [0.25, 0.3) is 11.8 Å². The van der Waals surface area contributed by atoms with Crippen molar-refractivity contribution in [2.45, 2.75) is 44.9 Å². The molecule has 2 fully saturated rings. The van der Waals surface area contributed by atoms with E-state index in [1.165, 1.54) is 17.0 Å². The first-order chi connectivity index (χ1) is 18.3. The van der Waals surface area contributed by atoms with Crippen LogP contribution in [-0.4, -0.2) is 74.2 Å². The van der Waals surface area contributed by atoms with Gasteiger partial charge in [0.1, 0.15) is 12.6 Å². The van der Waals surface area contributed by atoms with Crippen molar-refractivity contribution in [2.24, 2.45) is 0 Å². The zero-order valence-electron chi connectivity index (χ0n) is 20.8. The zero-order chi connectivity index (χ0) is 27.2. The molecule has 2 N–H and O–H groups in total. The number of halogens is 3. The van der Waals surface area contributed by atoms with Gasteiger partial charge in [0.15, 0.2) is 5.75 Å². The highest BCUT2D eigenvalue weighted by molar-refractivity contribution is 7.18. The number of carbonyl (C=O) groups excluding carboxylic acids is 3. The Morgan fingerprint density at radius 3 is 2.68 bits per heavy atom. The molecule has 0 unspecified atom stereocenters. The highest BCUT2D eigenvalue weighted by Gasteiger charge is 2.34. The molecule has 1 aliphatic heterocycles. The zero-order valence-corrected chi connectivity index (χ0v) is 22.3. The van der Waals surface area contributed by atoms with Crippen molar-refractivity contribution >= 4 is 52.0 Å². The van der Waals surface area contributed by atoms with Crippen LogP contribution in [0, 0.1) is 0 Å². The molecular formula is C25H29ClF2N4O5S. The second kappa shape index (κ2) is 12.8. The summed E-state index contributed by atoms with van der Waals surface area (Å²) in [5, 5.41) is 5.51. The lowest BCUT2D eigenvalue weighted by Gasteiger charge is -2.41. The third-order valence-electron chi connectivity index (χ3n) is 6.60. The van der Waals surface area contributed by atoms with Crippen LogP contribution in [-0.2, 0) is 14.3 Å². The quantitative estimate of drug-likeness (QED) is 0.424. The summed E-state index contributed by atoms with van der Waals surface area (Å²) in [5.41, 5.74) is 0.390. The number of rotatable bonds is 11. The first-order valence-electron chi connectivity index (χ1n) is 12.3. The third kappa shape index (κ3) is 6.79. The molecule has 13 heteroatoms. The van der Waals surface area contributed by atoms with Gasteiger partial charge in [-0.1, -0.05) is 24.9 Å². The molecule has 1 saturated carbocycles. The van der Waals surface area contributed by atoms with Crippen LogP contribution in [0.5, 0.6) is 5.75 Å². The minimum absolute atomic E-state index is 0.00985. The number of benzene rings is 1. The van der Waals surface area contributed by atoms with Crippen LogP contribution in [0.3, 0.4) is 0 Å². The maximum absolute atomic E-state index is 13.5. The molecule has 2 aliphatic rings. The van der Waals surface area contributed by atoms with Crippen LogP contribution in [0.25, 0.3) is 0 Å². The number of amides is 3. The number of nitrogens with zero attached hydrogens (tertiary/aromatic N) is 2. The summed E-state index contributed by atoms with van der Waals surface area (Å²) in [5.74, 6) is -1.41. The molecule has 1 aromatic heterocycles. The lowest BCUT2D eigenvalue weighted by atomic mass is 9.90. The fraction of sp³-hybridized carbons (Fsp3) is 0.480. The normalized spacial score (nSPS) is 16.9. The molecule has 2 heterocycles. The van der Waals surface area contributed by atoms with Crippen molar-refractivity contribution in [1.82, 2.24) is 10.2 Å². The Balaban J connectivity index is 1.55. The Hall–Kier alpha value is -2.80. The number of hydrogen-bond donors (Lipinski definition) is 2. The fourth-order valence-corrected chi connectivity index (χ4v) is 5.47. The molecule has 38 heavy (non-hydrogen) atoms. The molecule has 0 radical (unpaired) electrons. The van der Waals surface area contributed by atoms with Gasteiger partial charge in [-0.3, -0.25) is 19.3 Å². The second-order valence-corrected chi connectivity index (χ2v) is 10.6. The van der Waals surface area contributed by atoms with Crippen molar-refractivity contribution < 1.29 is 32.6 Å². The van der Waals surface area contributed by atoms with Crippen LogP contribution in [0.2, 0.25) is 4.34 Å². The Kier molecular flexibility index (Phi) is 9.53. The van der Waals surface area contributed by atoms with Gasteiger partial charge in [-0.25, -0.2) is 0 Å². The molecule has 1 atom stereocenters. The summed E-state index contributed by atoms with van der Waals surface area (Å²) in [6, 6.07) is 6.92. The van der Waals surface area contributed by atoms with E-state index in [1.54, 1.807) is 18.2 Å². The first kappa shape index (κ1) is 28.2. The average Bonchev–Trinajstić information content (AvgIpc) is 3.29. The number of alkyl halides is 2. The maximum Gasteiger partial charge on any atom is 0.387 e. The van der Waals surface area contributed by atoms with Crippen LogP contribution in [0.4, 0.5) is 20.2 Å². The average molecular weight is 571 g/mol. The third-order valence-corrected chi connectivity index (χ3v) is 7.83. The van der Waals surface area contributed by atoms with Gasteiger partial charge in [-0.05, 0) is 43.7 Å². The van der Waals surface area contributed by atoms with E-state index in [1.807, 2.05) is 11.8 Å². The van der Waals surface area contributed by atoms with Gasteiger partial charge >= 0.3 is 6.61 Å². The summed E-state index contributed by atoms with van der Waals surface area (Å²) in [6.07, 6.45) is 2.89. The number of likely N-dealkylation sites (N-methyl/N-ethyl adjacent to an activating group) is 1. The Labute approximate surface area is 228 Å². The van der Waals surface area contributed by atoms with Crippen molar-refractivity contribution in [3.05, 3.63) is 39.5 Å². The highest BCUT2D eigenvalue weighted by Crippen LogP contribution is 2.33. The summed E-state index contributed by atoms with van der Waals surface area (Å²) in [7, 11) is 0. The van der Waals surface area contributed by atoms with Crippen molar-refractivity contribution in [3.8, 4) is 5.75 Å². The van der Waals surface area contributed by atoms with Gasteiger partial charge in [-0.15, -0.1) is 11.3 Å². The molecule has 206 valence electrons. The van der Waals surface area contributed by atoms with E-state index in [2.05, 4.69) is 10.6 Å². The number of nitrogens with one attached hydrogen (secondary N) is 2. The smallest absolute Gasteiger partial charge is 0.387 e. The van der Waals surface area contributed by atoms with Crippen LogP contribution in [0.15, 0.2) is 30.3 Å². The molecule has 2 aromatic rings. The lowest BCUT2D eigenvalue weighted by molar-refractivity contribution is -0.125. The van der Waals surface area contributed by atoms with Crippen molar-refractivity contribution in [2.75, 3.05) is 43.1 Å². The second-order valence-electron chi connectivity index (χ2n) is 8.89. The number of hydrogen-bond acceptors (Lipinski definition) is 7. The standard InChI is InChI=1S/C25H29ClF2N4O5S/c1-2-31(15-4-3-5-15)18(13-29-24(35)20-8-9-21(26)38-20)23(34)30-17-7-6-16(12-19(17)37-25(27)28)32-10-11-36-14-22(32)33/h6-9,12,15,18,25H,2-5,10-11,13-14H2,1H3,(H,29,35)(H,30,34)/t18-/m0/s1. The summed E-state index contributed by atoms with van der Waals surface area (Å²) in [4.78, 5) is 42.2. The van der Waals surface area contributed by atoms with E-state index < -0.39 is 18.6 Å². The highest BCUT2D eigenvalue weighted by atomic mass is 35.5. The monoisotopic (exact) mass is 570 g/mol. The van der Waals surface area contributed by atoms with Crippen LogP contribution in [0.1, 0.15) is 35.9 Å².